The van der Waals surface area contributed by atoms with Crippen molar-refractivity contribution in [3.63, 3.8) is 0 Å². The van der Waals surface area contributed by atoms with Crippen LogP contribution in [0.15, 0.2) is 17.1 Å². The minimum Gasteiger partial charge on any atom is -0.357 e. The molecule has 0 aromatic rings. The number of rotatable bonds is 6. The highest BCUT2D eigenvalue weighted by atomic mass is 32.2. The molecule has 1 atom stereocenters. The maximum absolute atomic E-state index is 11.5. The van der Waals surface area contributed by atoms with Crippen molar-refractivity contribution in [3.05, 3.63) is 12.2 Å². The van der Waals surface area contributed by atoms with Gasteiger partial charge in [0, 0.05) is 44.3 Å². The summed E-state index contributed by atoms with van der Waals surface area (Å²) in [5, 5.41) is 3.34. The van der Waals surface area contributed by atoms with Gasteiger partial charge in [0.25, 0.3) is 0 Å². The molecule has 0 aliphatic carbocycles. The molecule has 0 bridgehead atoms. The molecule has 1 fully saturated rings. The largest absolute Gasteiger partial charge is 0.357 e. The summed E-state index contributed by atoms with van der Waals surface area (Å²) in [6, 6.07) is 0.561. The fraction of sp³-hybridized carbons (Fsp3) is 0.812. The Hall–Kier alpha value is -1.12. The Balaban J connectivity index is 1.98. The molecule has 1 saturated heterocycles. The zero-order valence-corrected chi connectivity index (χ0v) is 16.1. The van der Waals surface area contributed by atoms with Crippen molar-refractivity contribution in [2.24, 2.45) is 4.99 Å². The van der Waals surface area contributed by atoms with Crippen molar-refractivity contribution in [1.82, 2.24) is 19.8 Å². The molecule has 2 aliphatic heterocycles. The van der Waals surface area contributed by atoms with Crippen molar-refractivity contribution < 1.29 is 8.42 Å². The molecule has 24 heavy (non-hydrogen) atoms. The van der Waals surface area contributed by atoms with E-state index in [1.54, 1.807) is 0 Å². The maximum Gasteiger partial charge on any atom is 0.209 e. The topological polar surface area (TPSA) is 77.0 Å². The van der Waals surface area contributed by atoms with Crippen LogP contribution in [0.5, 0.6) is 0 Å². The van der Waals surface area contributed by atoms with Crippen molar-refractivity contribution in [1.29, 1.82) is 0 Å². The van der Waals surface area contributed by atoms with Gasteiger partial charge in [0.05, 0.1) is 12.8 Å². The maximum atomic E-state index is 11.5. The number of nitrogens with zero attached hydrogens (tertiary/aromatic N) is 3. The average Bonchev–Trinajstić information content (AvgIpc) is 3.10. The second kappa shape index (κ2) is 7.84. The summed E-state index contributed by atoms with van der Waals surface area (Å²) in [5.41, 5.74) is -0.605. The number of sulfonamides is 1. The fourth-order valence-corrected chi connectivity index (χ4v) is 4.33. The van der Waals surface area contributed by atoms with Crippen LogP contribution in [0.4, 0.5) is 0 Å². The number of likely N-dealkylation sites (tertiary alicyclic amines) is 1. The van der Waals surface area contributed by atoms with Crippen LogP contribution in [0.2, 0.25) is 0 Å². The number of guanidine groups is 1. The highest BCUT2D eigenvalue weighted by Gasteiger charge is 2.30. The molecular formula is C16H31N5O2S. The van der Waals surface area contributed by atoms with Crippen molar-refractivity contribution in [2.75, 3.05) is 45.5 Å². The van der Waals surface area contributed by atoms with Crippen molar-refractivity contribution in [3.8, 4) is 0 Å². The minimum atomic E-state index is -3.25. The van der Waals surface area contributed by atoms with Crippen LogP contribution in [0, 0.1) is 0 Å². The predicted molar refractivity (Wildman–Crippen MR) is 98.7 cm³/mol. The Bertz CT molecular complexity index is 577. The van der Waals surface area contributed by atoms with E-state index in [1.165, 1.54) is 6.26 Å². The minimum absolute atomic E-state index is 0.398. The third-order valence-corrected chi connectivity index (χ3v) is 5.17. The molecule has 0 aromatic heterocycles. The summed E-state index contributed by atoms with van der Waals surface area (Å²) in [4.78, 5) is 9.45. The summed E-state index contributed by atoms with van der Waals surface area (Å²) in [7, 11) is -3.25. The normalized spacial score (nSPS) is 23.2. The third kappa shape index (κ3) is 5.75. The summed E-state index contributed by atoms with van der Waals surface area (Å²) in [6.07, 6.45) is 6.76. The second-order valence-corrected chi connectivity index (χ2v) is 8.99. The molecule has 2 aliphatic rings. The monoisotopic (exact) mass is 357 g/mol. The first kappa shape index (κ1) is 19.2. The van der Waals surface area contributed by atoms with Crippen molar-refractivity contribution in [2.45, 2.75) is 38.8 Å². The summed E-state index contributed by atoms with van der Waals surface area (Å²) in [6.45, 7) is 11.0. The van der Waals surface area contributed by atoms with Gasteiger partial charge in [-0.1, -0.05) is 12.2 Å². The molecule has 2 N–H and O–H groups in total. The van der Waals surface area contributed by atoms with E-state index in [2.05, 4.69) is 37.0 Å². The predicted octanol–water partition coefficient (Wildman–Crippen LogP) is 0.226. The average molecular weight is 358 g/mol. The fourth-order valence-electron chi connectivity index (χ4n) is 3.26. The van der Waals surface area contributed by atoms with E-state index in [4.69, 9.17) is 0 Å². The van der Waals surface area contributed by atoms with Crippen LogP contribution >= 0.6 is 0 Å². The van der Waals surface area contributed by atoms with E-state index in [0.717, 1.165) is 45.1 Å². The molecule has 0 saturated carbocycles. The van der Waals surface area contributed by atoms with Gasteiger partial charge in [-0.2, -0.15) is 0 Å². The number of hydrogen-bond acceptors (Lipinski definition) is 4. The van der Waals surface area contributed by atoms with Crippen LogP contribution in [0.1, 0.15) is 27.2 Å². The van der Waals surface area contributed by atoms with Gasteiger partial charge in [0.15, 0.2) is 5.96 Å². The van der Waals surface area contributed by atoms with E-state index >= 15 is 0 Å². The number of hydrogen-bond donors (Lipinski definition) is 2. The Kier molecular flexibility index (Phi) is 6.28. The molecule has 0 radical (unpaired) electrons. The van der Waals surface area contributed by atoms with E-state index in [-0.39, 0.29) is 0 Å². The van der Waals surface area contributed by atoms with E-state index in [1.807, 2.05) is 20.8 Å². The SMILES string of the molecule is CCNC(=NCC(C)(C)NS(C)(=O)=O)N1CCC(N2CC=CC2)C1. The zero-order chi connectivity index (χ0) is 17.8. The van der Waals surface area contributed by atoms with Gasteiger partial charge in [-0.3, -0.25) is 9.89 Å². The quantitative estimate of drug-likeness (QED) is 0.404. The Morgan fingerprint density at radius 3 is 2.58 bits per heavy atom. The van der Waals surface area contributed by atoms with Gasteiger partial charge in [-0.25, -0.2) is 13.1 Å². The highest BCUT2D eigenvalue weighted by Crippen LogP contribution is 2.18. The lowest BCUT2D eigenvalue weighted by molar-refractivity contribution is 0.259. The molecule has 0 amide bonds. The van der Waals surface area contributed by atoms with Gasteiger partial charge < -0.3 is 10.2 Å². The first-order valence-electron chi connectivity index (χ1n) is 8.61. The van der Waals surface area contributed by atoms with E-state index in [9.17, 15) is 8.42 Å². The molecule has 2 rings (SSSR count). The van der Waals surface area contributed by atoms with E-state index < -0.39 is 15.6 Å². The van der Waals surface area contributed by atoms with Gasteiger partial charge in [0.1, 0.15) is 0 Å². The first-order chi connectivity index (χ1) is 11.2. The smallest absolute Gasteiger partial charge is 0.209 e. The molecule has 7 nitrogen and oxygen atoms in total. The second-order valence-electron chi connectivity index (χ2n) is 7.24. The summed E-state index contributed by atoms with van der Waals surface area (Å²) in [5.74, 6) is 0.871. The van der Waals surface area contributed by atoms with Gasteiger partial charge >= 0.3 is 0 Å². The molecule has 0 aromatic carbocycles. The molecule has 8 heteroatoms. The summed E-state index contributed by atoms with van der Waals surface area (Å²) >= 11 is 0. The third-order valence-electron chi connectivity index (χ3n) is 4.25. The van der Waals surface area contributed by atoms with Crippen LogP contribution in [-0.2, 0) is 10.0 Å². The first-order valence-corrected chi connectivity index (χ1v) is 10.5. The highest BCUT2D eigenvalue weighted by molar-refractivity contribution is 7.88. The van der Waals surface area contributed by atoms with Crippen molar-refractivity contribution >= 4 is 16.0 Å². The summed E-state index contributed by atoms with van der Waals surface area (Å²) < 4.78 is 25.6. The van der Waals surface area contributed by atoms with Crippen LogP contribution in [0.25, 0.3) is 0 Å². The van der Waals surface area contributed by atoms with Gasteiger partial charge in [-0.15, -0.1) is 0 Å². The molecule has 138 valence electrons. The molecule has 2 heterocycles. The lowest BCUT2D eigenvalue weighted by Gasteiger charge is -2.27. The molecule has 0 spiro atoms. The standard InChI is InChI=1S/C16H31N5O2S/c1-5-17-15(18-13-16(2,3)19-24(4,22)23)21-11-8-14(12-21)20-9-6-7-10-20/h6-7,14,19H,5,8-13H2,1-4H3,(H,17,18). The van der Waals surface area contributed by atoms with Gasteiger partial charge in [-0.05, 0) is 27.2 Å². The van der Waals surface area contributed by atoms with Crippen LogP contribution in [-0.4, -0.2) is 81.3 Å². The lowest BCUT2D eigenvalue weighted by atomic mass is 10.1. The Labute approximate surface area is 146 Å². The van der Waals surface area contributed by atoms with Crippen LogP contribution < -0.4 is 10.0 Å². The van der Waals surface area contributed by atoms with E-state index in [0.29, 0.717) is 12.6 Å². The zero-order valence-electron chi connectivity index (χ0n) is 15.2. The number of nitrogens with one attached hydrogen (secondary N) is 2. The lowest BCUT2D eigenvalue weighted by Crippen LogP contribution is -2.47. The Morgan fingerprint density at radius 2 is 2.00 bits per heavy atom. The molecular weight excluding hydrogens is 326 g/mol. The Morgan fingerprint density at radius 1 is 1.33 bits per heavy atom. The number of aliphatic imine (C=N–C) groups is 1. The van der Waals surface area contributed by atoms with Crippen LogP contribution in [0.3, 0.4) is 0 Å². The van der Waals surface area contributed by atoms with Gasteiger partial charge in [0.2, 0.25) is 10.0 Å². The molecule has 1 unspecified atom stereocenters.